The molecule has 1 heterocycles. The maximum atomic E-state index is 4.36. The molecule has 1 aromatic rings. The van der Waals surface area contributed by atoms with E-state index in [1.807, 2.05) is 13.1 Å². The van der Waals surface area contributed by atoms with Crippen molar-refractivity contribution >= 4 is 0 Å². The van der Waals surface area contributed by atoms with E-state index in [0.29, 0.717) is 0 Å². The van der Waals surface area contributed by atoms with Crippen LogP contribution in [0.4, 0.5) is 0 Å². The molecule has 3 nitrogen and oxygen atoms in total. The largest absolute Gasteiger partial charge is 0.327 e. The van der Waals surface area contributed by atoms with Gasteiger partial charge in [-0.1, -0.05) is 26.0 Å². The van der Waals surface area contributed by atoms with Crippen molar-refractivity contribution < 1.29 is 0 Å². The van der Waals surface area contributed by atoms with Crippen LogP contribution in [0.3, 0.4) is 0 Å². The van der Waals surface area contributed by atoms with E-state index < -0.39 is 0 Å². The third-order valence-electron chi connectivity index (χ3n) is 2.75. The molecule has 0 saturated heterocycles. The van der Waals surface area contributed by atoms with Gasteiger partial charge in [0.05, 0.1) is 5.69 Å². The SMILES string of the molecule is C=C(CC)Cn1c(CNCCC)cnc1C. The van der Waals surface area contributed by atoms with Crippen molar-refractivity contribution in [2.24, 2.45) is 0 Å². The van der Waals surface area contributed by atoms with Crippen molar-refractivity contribution in [1.29, 1.82) is 0 Å². The number of nitrogens with one attached hydrogen (secondary N) is 1. The summed E-state index contributed by atoms with van der Waals surface area (Å²) in [6, 6.07) is 0. The number of aromatic nitrogens is 2. The Balaban J connectivity index is 2.65. The molecule has 1 N–H and O–H groups in total. The molecule has 0 saturated carbocycles. The Morgan fingerprint density at radius 2 is 2.25 bits per heavy atom. The smallest absolute Gasteiger partial charge is 0.106 e. The van der Waals surface area contributed by atoms with E-state index >= 15 is 0 Å². The van der Waals surface area contributed by atoms with Crippen molar-refractivity contribution in [1.82, 2.24) is 14.9 Å². The van der Waals surface area contributed by atoms with E-state index in [1.165, 1.54) is 11.3 Å². The molecule has 0 aromatic carbocycles. The topological polar surface area (TPSA) is 29.9 Å². The minimum Gasteiger partial charge on any atom is -0.327 e. The summed E-state index contributed by atoms with van der Waals surface area (Å²) in [5.41, 5.74) is 2.50. The van der Waals surface area contributed by atoms with Gasteiger partial charge in [0.1, 0.15) is 5.82 Å². The molecule has 0 aliphatic heterocycles. The molecule has 16 heavy (non-hydrogen) atoms. The minimum atomic E-state index is 0.894. The molecule has 0 radical (unpaired) electrons. The average Bonchev–Trinajstić information content (AvgIpc) is 2.61. The van der Waals surface area contributed by atoms with Crippen LogP contribution in [0.25, 0.3) is 0 Å². The lowest BCUT2D eigenvalue weighted by Crippen LogP contribution is -2.17. The van der Waals surface area contributed by atoms with E-state index in [9.17, 15) is 0 Å². The molecule has 0 spiro atoms. The normalized spacial score (nSPS) is 10.7. The summed E-state index contributed by atoms with van der Waals surface area (Å²) < 4.78 is 2.24. The lowest BCUT2D eigenvalue weighted by atomic mass is 10.2. The number of imidazole rings is 1. The Morgan fingerprint density at radius 1 is 1.50 bits per heavy atom. The summed E-state index contributed by atoms with van der Waals surface area (Å²) in [5, 5.41) is 3.41. The zero-order valence-electron chi connectivity index (χ0n) is 10.7. The fourth-order valence-electron chi connectivity index (χ4n) is 1.60. The van der Waals surface area contributed by atoms with Crippen LogP contribution in [0.2, 0.25) is 0 Å². The number of aryl methyl sites for hydroxylation is 1. The lowest BCUT2D eigenvalue weighted by Gasteiger charge is -2.11. The highest BCUT2D eigenvalue weighted by Crippen LogP contribution is 2.09. The Morgan fingerprint density at radius 3 is 2.88 bits per heavy atom. The second-order valence-electron chi connectivity index (χ2n) is 4.16. The van der Waals surface area contributed by atoms with Crippen LogP contribution >= 0.6 is 0 Å². The number of hydrogen-bond acceptors (Lipinski definition) is 2. The molecule has 1 aromatic heterocycles. The molecular formula is C13H23N3. The van der Waals surface area contributed by atoms with Crippen molar-refractivity contribution in [3.63, 3.8) is 0 Å². The third kappa shape index (κ3) is 3.49. The van der Waals surface area contributed by atoms with E-state index in [2.05, 4.69) is 35.3 Å². The fraction of sp³-hybridized carbons (Fsp3) is 0.615. The predicted octanol–water partition coefficient (Wildman–Crippen LogP) is 2.66. The highest BCUT2D eigenvalue weighted by molar-refractivity contribution is 5.08. The Kier molecular flexibility index (Phi) is 5.26. The Bertz CT molecular complexity index is 339. The first-order valence-corrected chi connectivity index (χ1v) is 6.07. The second kappa shape index (κ2) is 6.48. The molecule has 0 amide bonds. The van der Waals surface area contributed by atoms with Crippen LogP contribution in [0.1, 0.15) is 38.2 Å². The number of nitrogens with zero attached hydrogens (tertiary/aromatic N) is 2. The number of allylic oxidation sites excluding steroid dienone is 1. The molecular weight excluding hydrogens is 198 g/mol. The summed E-state index contributed by atoms with van der Waals surface area (Å²) in [5.74, 6) is 1.07. The first kappa shape index (κ1) is 13.0. The van der Waals surface area contributed by atoms with Crippen molar-refractivity contribution in [3.05, 3.63) is 29.9 Å². The van der Waals surface area contributed by atoms with E-state index in [4.69, 9.17) is 0 Å². The van der Waals surface area contributed by atoms with Gasteiger partial charge in [0, 0.05) is 19.3 Å². The summed E-state index contributed by atoms with van der Waals surface area (Å²) in [7, 11) is 0. The lowest BCUT2D eigenvalue weighted by molar-refractivity contribution is 0.617. The molecule has 90 valence electrons. The van der Waals surface area contributed by atoms with Crippen LogP contribution in [-0.2, 0) is 13.1 Å². The Hall–Kier alpha value is -1.09. The van der Waals surface area contributed by atoms with Crippen LogP contribution in [0.15, 0.2) is 18.3 Å². The molecule has 0 unspecified atom stereocenters. The van der Waals surface area contributed by atoms with Gasteiger partial charge >= 0.3 is 0 Å². The maximum Gasteiger partial charge on any atom is 0.106 e. The maximum absolute atomic E-state index is 4.36. The first-order chi connectivity index (χ1) is 7.69. The molecule has 0 fully saturated rings. The second-order valence-corrected chi connectivity index (χ2v) is 4.16. The fourth-order valence-corrected chi connectivity index (χ4v) is 1.60. The molecule has 0 bridgehead atoms. The van der Waals surface area contributed by atoms with Gasteiger partial charge in [-0.2, -0.15) is 0 Å². The van der Waals surface area contributed by atoms with Crippen LogP contribution < -0.4 is 5.32 Å². The van der Waals surface area contributed by atoms with E-state index in [-0.39, 0.29) is 0 Å². The molecule has 0 aliphatic carbocycles. The minimum absolute atomic E-state index is 0.894. The van der Waals surface area contributed by atoms with Gasteiger partial charge in [-0.3, -0.25) is 0 Å². The van der Waals surface area contributed by atoms with Gasteiger partial charge < -0.3 is 9.88 Å². The number of hydrogen-bond donors (Lipinski definition) is 1. The zero-order valence-corrected chi connectivity index (χ0v) is 10.7. The van der Waals surface area contributed by atoms with Crippen molar-refractivity contribution in [2.75, 3.05) is 6.54 Å². The van der Waals surface area contributed by atoms with Crippen LogP contribution in [0, 0.1) is 6.92 Å². The highest BCUT2D eigenvalue weighted by Gasteiger charge is 2.06. The van der Waals surface area contributed by atoms with Crippen molar-refractivity contribution in [3.8, 4) is 0 Å². The average molecular weight is 221 g/mol. The molecule has 0 aliphatic rings. The van der Waals surface area contributed by atoms with Gasteiger partial charge in [0.25, 0.3) is 0 Å². The van der Waals surface area contributed by atoms with Gasteiger partial charge in [-0.25, -0.2) is 4.98 Å². The quantitative estimate of drug-likeness (QED) is 0.566. The number of rotatable bonds is 7. The van der Waals surface area contributed by atoms with Crippen LogP contribution in [-0.4, -0.2) is 16.1 Å². The Labute approximate surface area is 98.6 Å². The van der Waals surface area contributed by atoms with E-state index in [1.54, 1.807) is 0 Å². The van der Waals surface area contributed by atoms with Crippen LogP contribution in [0.5, 0.6) is 0 Å². The molecule has 0 atom stereocenters. The van der Waals surface area contributed by atoms with Gasteiger partial charge in [0.15, 0.2) is 0 Å². The molecule has 1 rings (SSSR count). The van der Waals surface area contributed by atoms with Gasteiger partial charge in [0.2, 0.25) is 0 Å². The zero-order chi connectivity index (χ0) is 12.0. The molecule has 3 heteroatoms. The third-order valence-corrected chi connectivity index (χ3v) is 2.75. The highest BCUT2D eigenvalue weighted by atomic mass is 15.1. The summed E-state index contributed by atoms with van der Waals surface area (Å²) in [6.45, 7) is 13.3. The van der Waals surface area contributed by atoms with Gasteiger partial charge in [-0.05, 0) is 26.3 Å². The van der Waals surface area contributed by atoms with Gasteiger partial charge in [-0.15, -0.1) is 0 Å². The summed E-state index contributed by atoms with van der Waals surface area (Å²) in [6.07, 6.45) is 4.15. The summed E-state index contributed by atoms with van der Waals surface area (Å²) in [4.78, 5) is 4.36. The standard InChI is InChI=1S/C13H23N3/c1-5-7-14-8-13-9-15-12(4)16(13)10-11(3)6-2/h9,14H,3,5-8,10H2,1-2,4H3. The van der Waals surface area contributed by atoms with E-state index in [0.717, 1.165) is 38.3 Å². The van der Waals surface area contributed by atoms with Crippen molar-refractivity contribution in [2.45, 2.75) is 46.7 Å². The first-order valence-electron chi connectivity index (χ1n) is 6.07. The summed E-state index contributed by atoms with van der Waals surface area (Å²) >= 11 is 0. The monoisotopic (exact) mass is 221 g/mol. The predicted molar refractivity (Wildman–Crippen MR) is 68.4 cm³/mol.